The number of aliphatic hydroxyl groups excluding tert-OH is 4. The number of ether oxygens (including phenoxy) is 1. The minimum atomic E-state index is -1.09. The molecule has 122 valence electrons. The smallest absolute Gasteiger partial charge is 0.306 e. The molecule has 0 aliphatic carbocycles. The van der Waals surface area contributed by atoms with Gasteiger partial charge in [0.2, 0.25) is 0 Å². The van der Waals surface area contributed by atoms with Crippen LogP contribution < -0.4 is 0 Å². The van der Waals surface area contributed by atoms with E-state index in [0.29, 0.717) is 6.42 Å². The van der Waals surface area contributed by atoms with Gasteiger partial charge in [-0.3, -0.25) is 4.79 Å². The SMILES string of the molecule is O=C1CCC(O)C(O)/C=C\C(O)C(CCCCCCO)O1. The van der Waals surface area contributed by atoms with E-state index in [1.807, 2.05) is 0 Å². The summed E-state index contributed by atoms with van der Waals surface area (Å²) in [5.41, 5.74) is 0. The lowest BCUT2D eigenvalue weighted by molar-refractivity contribution is -0.155. The van der Waals surface area contributed by atoms with Gasteiger partial charge in [0.15, 0.2) is 0 Å². The van der Waals surface area contributed by atoms with Gasteiger partial charge in [0.05, 0.1) is 12.2 Å². The topological polar surface area (TPSA) is 107 Å². The molecule has 1 heterocycles. The molecule has 0 fully saturated rings. The highest BCUT2D eigenvalue weighted by molar-refractivity contribution is 5.69. The molecule has 6 nitrogen and oxygen atoms in total. The standard InChI is InChI=1S/C15H26O6/c16-10-4-2-1-3-5-14-13(19)7-6-11(17)12(18)8-9-15(20)21-14/h6-7,11-14,16-19H,1-5,8-10H2/b7-6-. The van der Waals surface area contributed by atoms with E-state index in [2.05, 4.69) is 0 Å². The van der Waals surface area contributed by atoms with Gasteiger partial charge in [-0.2, -0.15) is 0 Å². The Balaban J connectivity index is 2.54. The first-order chi connectivity index (χ1) is 10.0. The summed E-state index contributed by atoms with van der Waals surface area (Å²) >= 11 is 0. The average Bonchev–Trinajstić information content (AvgIpc) is 2.47. The number of esters is 1. The number of aliphatic hydroxyl groups is 4. The molecule has 0 amide bonds. The molecule has 6 heteroatoms. The lowest BCUT2D eigenvalue weighted by Crippen LogP contribution is -2.33. The van der Waals surface area contributed by atoms with Gasteiger partial charge < -0.3 is 25.2 Å². The Hall–Kier alpha value is -0.950. The molecule has 0 aromatic carbocycles. The molecule has 21 heavy (non-hydrogen) atoms. The van der Waals surface area contributed by atoms with Crippen molar-refractivity contribution in [3.63, 3.8) is 0 Å². The van der Waals surface area contributed by atoms with Crippen molar-refractivity contribution >= 4 is 5.97 Å². The number of cyclic esters (lactones) is 1. The number of hydrogen-bond acceptors (Lipinski definition) is 6. The normalized spacial score (nSPS) is 32.5. The van der Waals surface area contributed by atoms with Crippen molar-refractivity contribution in [2.75, 3.05) is 6.61 Å². The Morgan fingerprint density at radius 2 is 1.71 bits per heavy atom. The van der Waals surface area contributed by atoms with Gasteiger partial charge in [0.1, 0.15) is 12.2 Å². The molecule has 0 saturated carbocycles. The Labute approximate surface area is 125 Å². The molecule has 0 aromatic heterocycles. The molecule has 1 aliphatic rings. The van der Waals surface area contributed by atoms with Crippen molar-refractivity contribution in [2.45, 2.75) is 69.4 Å². The average molecular weight is 302 g/mol. The van der Waals surface area contributed by atoms with E-state index < -0.39 is 30.4 Å². The van der Waals surface area contributed by atoms with E-state index in [9.17, 15) is 20.1 Å². The van der Waals surface area contributed by atoms with Gasteiger partial charge in [-0.05, 0) is 25.7 Å². The lowest BCUT2D eigenvalue weighted by atomic mass is 10.0. The van der Waals surface area contributed by atoms with Crippen LogP contribution >= 0.6 is 0 Å². The van der Waals surface area contributed by atoms with Gasteiger partial charge in [-0.1, -0.05) is 25.0 Å². The first kappa shape index (κ1) is 18.1. The lowest BCUT2D eigenvalue weighted by Gasteiger charge is -2.24. The maximum absolute atomic E-state index is 11.7. The third-order valence-corrected chi connectivity index (χ3v) is 3.60. The predicted octanol–water partition coefficient (Wildman–Crippen LogP) is 0.274. The predicted molar refractivity (Wildman–Crippen MR) is 76.4 cm³/mol. The Kier molecular flexibility index (Phi) is 8.52. The summed E-state index contributed by atoms with van der Waals surface area (Å²) in [6, 6.07) is 0. The number of carbonyl (C=O) groups is 1. The molecule has 0 saturated heterocycles. The molecule has 1 aliphatic heterocycles. The zero-order valence-electron chi connectivity index (χ0n) is 12.2. The van der Waals surface area contributed by atoms with Crippen LogP contribution in [0.15, 0.2) is 12.2 Å². The van der Waals surface area contributed by atoms with E-state index in [0.717, 1.165) is 25.7 Å². The third kappa shape index (κ3) is 7.04. The van der Waals surface area contributed by atoms with Crippen molar-refractivity contribution in [3.8, 4) is 0 Å². The summed E-state index contributed by atoms with van der Waals surface area (Å²) in [5, 5.41) is 37.9. The van der Waals surface area contributed by atoms with E-state index in [4.69, 9.17) is 9.84 Å². The molecule has 1 rings (SSSR count). The zero-order valence-corrected chi connectivity index (χ0v) is 12.2. The molecule has 0 radical (unpaired) electrons. The van der Waals surface area contributed by atoms with Gasteiger partial charge in [0.25, 0.3) is 0 Å². The maximum Gasteiger partial charge on any atom is 0.306 e. The van der Waals surface area contributed by atoms with E-state index in [1.165, 1.54) is 12.2 Å². The van der Waals surface area contributed by atoms with E-state index in [1.54, 1.807) is 0 Å². The van der Waals surface area contributed by atoms with E-state index in [-0.39, 0.29) is 19.4 Å². The molecule has 4 atom stereocenters. The fourth-order valence-electron chi connectivity index (χ4n) is 2.25. The van der Waals surface area contributed by atoms with Crippen molar-refractivity contribution in [1.82, 2.24) is 0 Å². The van der Waals surface area contributed by atoms with Crippen molar-refractivity contribution in [3.05, 3.63) is 12.2 Å². The number of hydrogen-bond donors (Lipinski definition) is 4. The highest BCUT2D eigenvalue weighted by Crippen LogP contribution is 2.17. The summed E-state index contributed by atoms with van der Waals surface area (Å²) in [5.74, 6) is -0.476. The van der Waals surface area contributed by atoms with Crippen molar-refractivity contribution in [1.29, 1.82) is 0 Å². The second kappa shape index (κ2) is 9.89. The maximum atomic E-state index is 11.7. The summed E-state index contributed by atoms with van der Waals surface area (Å²) in [7, 11) is 0. The number of unbranched alkanes of at least 4 members (excludes halogenated alkanes) is 3. The summed E-state index contributed by atoms with van der Waals surface area (Å²) in [6.45, 7) is 0.171. The fourth-order valence-corrected chi connectivity index (χ4v) is 2.25. The second-order valence-corrected chi connectivity index (χ2v) is 5.43. The first-order valence-corrected chi connectivity index (χ1v) is 7.57. The van der Waals surface area contributed by atoms with E-state index >= 15 is 0 Å². The van der Waals surface area contributed by atoms with Crippen LogP contribution in [-0.4, -0.2) is 57.4 Å². The molecule has 0 spiro atoms. The number of rotatable bonds is 6. The van der Waals surface area contributed by atoms with Crippen LogP contribution in [0.1, 0.15) is 44.9 Å². The highest BCUT2D eigenvalue weighted by Gasteiger charge is 2.25. The summed E-state index contributed by atoms with van der Waals surface area (Å²) in [6.07, 6.45) is 2.96. The third-order valence-electron chi connectivity index (χ3n) is 3.60. The summed E-state index contributed by atoms with van der Waals surface area (Å²) in [4.78, 5) is 11.7. The van der Waals surface area contributed by atoms with Crippen molar-refractivity contribution < 1.29 is 30.0 Å². The minimum absolute atomic E-state index is 0.0137. The van der Waals surface area contributed by atoms with Crippen molar-refractivity contribution in [2.24, 2.45) is 0 Å². The number of carbonyl (C=O) groups excluding carboxylic acids is 1. The Morgan fingerprint density at radius 3 is 2.43 bits per heavy atom. The van der Waals surface area contributed by atoms with Gasteiger partial charge in [-0.25, -0.2) is 0 Å². The molecule has 4 unspecified atom stereocenters. The van der Waals surface area contributed by atoms with Gasteiger partial charge in [0, 0.05) is 13.0 Å². The van der Waals surface area contributed by atoms with Crippen LogP contribution in [0, 0.1) is 0 Å². The minimum Gasteiger partial charge on any atom is -0.459 e. The largest absolute Gasteiger partial charge is 0.459 e. The van der Waals surface area contributed by atoms with Gasteiger partial charge in [-0.15, -0.1) is 0 Å². The fraction of sp³-hybridized carbons (Fsp3) is 0.800. The van der Waals surface area contributed by atoms with Crippen LogP contribution in [0.25, 0.3) is 0 Å². The molecule has 4 N–H and O–H groups in total. The zero-order chi connectivity index (χ0) is 15.7. The summed E-state index contributed by atoms with van der Waals surface area (Å²) < 4.78 is 5.25. The van der Waals surface area contributed by atoms with Crippen LogP contribution in [0.2, 0.25) is 0 Å². The van der Waals surface area contributed by atoms with Crippen LogP contribution in [0.3, 0.4) is 0 Å². The van der Waals surface area contributed by atoms with Crippen LogP contribution in [0.4, 0.5) is 0 Å². The molecule has 0 bridgehead atoms. The van der Waals surface area contributed by atoms with Crippen LogP contribution in [-0.2, 0) is 9.53 Å². The highest BCUT2D eigenvalue weighted by atomic mass is 16.6. The Bertz CT molecular complexity index is 330. The monoisotopic (exact) mass is 302 g/mol. The quantitative estimate of drug-likeness (QED) is 0.319. The molecule has 0 aromatic rings. The first-order valence-electron chi connectivity index (χ1n) is 7.57. The molecular formula is C15H26O6. The second-order valence-electron chi connectivity index (χ2n) is 5.43. The van der Waals surface area contributed by atoms with Crippen LogP contribution in [0.5, 0.6) is 0 Å². The van der Waals surface area contributed by atoms with Gasteiger partial charge >= 0.3 is 5.97 Å². The Morgan fingerprint density at radius 1 is 1.05 bits per heavy atom. The molecular weight excluding hydrogens is 276 g/mol.